The van der Waals surface area contributed by atoms with Crippen LogP contribution in [0.3, 0.4) is 0 Å². The highest BCUT2D eigenvalue weighted by atomic mass is 35.5. The van der Waals surface area contributed by atoms with Gasteiger partial charge in [0, 0.05) is 34.6 Å². The summed E-state index contributed by atoms with van der Waals surface area (Å²) in [6.07, 6.45) is 0.221. The molecule has 1 aliphatic heterocycles. The second kappa shape index (κ2) is 9.14. The number of methoxy groups -OCH3 is 1. The Morgan fingerprint density at radius 2 is 1.77 bits per heavy atom. The summed E-state index contributed by atoms with van der Waals surface area (Å²) in [5.74, 6) is -0.444. The molecule has 2 aromatic rings. The van der Waals surface area contributed by atoms with Gasteiger partial charge in [0.1, 0.15) is 0 Å². The smallest absolute Gasteiger partial charge is 0.309 e. The van der Waals surface area contributed by atoms with Gasteiger partial charge in [-0.1, -0.05) is 34.8 Å². The first-order valence-corrected chi connectivity index (χ1v) is 12.1. The number of esters is 1. The highest BCUT2D eigenvalue weighted by Gasteiger charge is 2.52. The van der Waals surface area contributed by atoms with Crippen molar-refractivity contribution < 1.29 is 22.1 Å². The molecule has 0 aliphatic carbocycles. The molecule has 1 saturated heterocycles. The molecule has 162 valence electrons. The third kappa shape index (κ3) is 5.18. The van der Waals surface area contributed by atoms with Crippen molar-refractivity contribution in [3.63, 3.8) is 0 Å². The van der Waals surface area contributed by atoms with Gasteiger partial charge >= 0.3 is 5.97 Å². The van der Waals surface area contributed by atoms with Crippen LogP contribution in [0.1, 0.15) is 19.8 Å². The number of rotatable bonds is 8. The summed E-state index contributed by atoms with van der Waals surface area (Å²) >= 11 is 19.5. The molecule has 3 rings (SSSR count). The highest BCUT2D eigenvalue weighted by Crippen LogP contribution is 2.54. The van der Waals surface area contributed by atoms with Crippen molar-refractivity contribution >= 4 is 68.5 Å². The summed E-state index contributed by atoms with van der Waals surface area (Å²) in [6.45, 7) is 1.71. The first-order valence-electron chi connectivity index (χ1n) is 8.77. The van der Waals surface area contributed by atoms with Crippen molar-refractivity contribution in [3.05, 3.63) is 57.5 Å². The summed E-state index contributed by atoms with van der Waals surface area (Å²) in [5.41, 5.74) is 0.227. The maximum atomic E-state index is 13.6. The topological polar surface area (TPSA) is 76.2 Å². The van der Waals surface area contributed by atoms with Crippen LogP contribution in [0.15, 0.2) is 47.4 Å². The van der Waals surface area contributed by atoms with Crippen LogP contribution < -0.4 is 4.31 Å². The van der Waals surface area contributed by atoms with Gasteiger partial charge in [-0.2, -0.15) is 0 Å². The zero-order valence-electron chi connectivity index (χ0n) is 16.0. The number of anilines is 1. The number of carbonyl (C=O) groups excluding carboxylic acids is 1. The van der Waals surface area contributed by atoms with Gasteiger partial charge < -0.3 is 4.74 Å². The van der Waals surface area contributed by atoms with E-state index in [1.54, 1.807) is 13.0 Å². The van der Waals surface area contributed by atoms with Gasteiger partial charge in [-0.15, -0.1) is 0 Å². The minimum Gasteiger partial charge on any atom is -0.469 e. The second-order valence-electron chi connectivity index (χ2n) is 6.73. The van der Waals surface area contributed by atoms with Crippen LogP contribution >= 0.6 is 46.8 Å². The first kappa shape index (κ1) is 23.5. The van der Waals surface area contributed by atoms with Crippen molar-refractivity contribution in [2.45, 2.75) is 35.6 Å². The minimum atomic E-state index is -4.04. The maximum Gasteiger partial charge on any atom is 0.309 e. The average Bonchev–Trinajstić information content (AvgIpc) is 3.43. The molecule has 0 radical (unpaired) electrons. The lowest BCUT2D eigenvalue weighted by molar-refractivity contribution is -0.142. The minimum absolute atomic E-state index is 0.00336. The average molecular weight is 511 g/mol. The van der Waals surface area contributed by atoms with Gasteiger partial charge in [-0.05, 0) is 49.4 Å². The van der Waals surface area contributed by atoms with Crippen molar-refractivity contribution in [2.24, 2.45) is 0 Å². The third-order valence-electron chi connectivity index (χ3n) is 4.48. The molecule has 1 fully saturated rings. The molecule has 30 heavy (non-hydrogen) atoms. The molecule has 2 atom stereocenters. The van der Waals surface area contributed by atoms with Crippen LogP contribution in [-0.4, -0.2) is 32.5 Å². The third-order valence-corrected chi connectivity index (χ3v) is 8.18. The lowest BCUT2D eigenvalue weighted by Gasteiger charge is -2.32. The van der Waals surface area contributed by atoms with Gasteiger partial charge in [0.05, 0.1) is 29.1 Å². The zero-order valence-corrected chi connectivity index (χ0v) is 19.9. The standard InChI is InChI=1S/C19H18Cl3NO5S2/c1-12(10-19(28-29-19)11-18(24)27-2)23(17-9-14(21)5-8-16(17)22)30(25,26)15-6-3-13(20)4-7-15/h3-9,12H,10-11H2,1-2H3/t12-,19?/m1/s1. The summed E-state index contributed by atoms with van der Waals surface area (Å²) in [4.78, 5) is 10.9. The predicted molar refractivity (Wildman–Crippen MR) is 120 cm³/mol. The molecule has 0 amide bonds. The molecule has 6 nitrogen and oxygen atoms in total. The van der Waals surface area contributed by atoms with Crippen LogP contribution in [0.25, 0.3) is 0 Å². The number of nitrogens with zero attached hydrogens (tertiary/aromatic N) is 1. The van der Waals surface area contributed by atoms with Gasteiger partial charge in [0.25, 0.3) is 10.0 Å². The van der Waals surface area contributed by atoms with E-state index in [0.717, 1.165) is 12.0 Å². The summed E-state index contributed by atoms with van der Waals surface area (Å²) in [7, 11) is -2.75. The lowest BCUT2D eigenvalue weighted by Crippen LogP contribution is -2.41. The summed E-state index contributed by atoms with van der Waals surface area (Å²) in [6, 6.07) is 9.80. The Bertz CT molecular complexity index is 1040. The summed E-state index contributed by atoms with van der Waals surface area (Å²) in [5, 5.41) is 0.962. The van der Waals surface area contributed by atoms with Gasteiger partial charge in [0.15, 0.2) is 4.93 Å². The molecule has 0 N–H and O–H groups in total. The highest BCUT2D eigenvalue weighted by molar-refractivity contribution is 8.01. The number of sulfonamides is 1. The van der Waals surface area contributed by atoms with E-state index in [1.165, 1.54) is 47.8 Å². The fourth-order valence-corrected chi connectivity index (χ4v) is 6.01. The maximum absolute atomic E-state index is 13.6. The Morgan fingerprint density at radius 3 is 2.33 bits per heavy atom. The molecule has 0 bridgehead atoms. The molecular weight excluding hydrogens is 493 g/mol. The van der Waals surface area contributed by atoms with Crippen LogP contribution in [0, 0.1) is 0 Å². The number of carbonyl (C=O) groups is 1. The number of benzene rings is 2. The SMILES string of the molecule is COC(=O)CC1(C[C@@H](C)N(c2cc(Cl)ccc2Cl)S(=O)(=O)c2ccc(Cl)cc2)OS1. The molecule has 1 heterocycles. The molecule has 0 spiro atoms. The van der Waals surface area contributed by atoms with Crippen LogP contribution in [0.2, 0.25) is 15.1 Å². The van der Waals surface area contributed by atoms with E-state index in [2.05, 4.69) is 0 Å². The van der Waals surface area contributed by atoms with Gasteiger partial charge in [0.2, 0.25) is 0 Å². The Kier molecular flexibility index (Phi) is 7.16. The quantitative estimate of drug-likeness (QED) is 0.263. The van der Waals surface area contributed by atoms with E-state index in [1.807, 2.05) is 0 Å². The molecule has 1 unspecified atom stereocenters. The van der Waals surface area contributed by atoms with Crippen LogP contribution in [0.4, 0.5) is 5.69 Å². The summed E-state index contributed by atoms with van der Waals surface area (Å²) < 4.78 is 38.5. The molecule has 0 aromatic heterocycles. The Morgan fingerprint density at radius 1 is 1.17 bits per heavy atom. The zero-order chi connectivity index (χ0) is 22.1. The van der Waals surface area contributed by atoms with E-state index in [0.29, 0.717) is 10.0 Å². The Labute approximate surface area is 194 Å². The number of halogens is 3. The molecule has 0 saturated carbocycles. The van der Waals surface area contributed by atoms with E-state index in [-0.39, 0.29) is 28.4 Å². The van der Waals surface area contributed by atoms with E-state index in [4.69, 9.17) is 43.7 Å². The van der Waals surface area contributed by atoms with E-state index < -0.39 is 27.0 Å². The van der Waals surface area contributed by atoms with Crippen molar-refractivity contribution in [1.29, 1.82) is 0 Å². The molecule has 1 aliphatic rings. The van der Waals surface area contributed by atoms with Crippen molar-refractivity contribution in [2.75, 3.05) is 11.4 Å². The normalized spacial score (nSPS) is 19.2. The largest absolute Gasteiger partial charge is 0.469 e. The number of hydrogen-bond donors (Lipinski definition) is 0. The Hall–Kier alpha value is -1.16. The lowest BCUT2D eigenvalue weighted by atomic mass is 10.1. The Balaban J connectivity index is 2.03. The fourth-order valence-electron chi connectivity index (χ4n) is 3.06. The van der Waals surface area contributed by atoms with Gasteiger partial charge in [-0.25, -0.2) is 8.42 Å². The van der Waals surface area contributed by atoms with Crippen molar-refractivity contribution in [3.8, 4) is 0 Å². The number of hydrogen-bond acceptors (Lipinski definition) is 6. The predicted octanol–water partition coefficient (Wildman–Crippen LogP) is 5.56. The van der Waals surface area contributed by atoms with E-state index >= 15 is 0 Å². The monoisotopic (exact) mass is 509 g/mol. The number of ether oxygens (including phenoxy) is 1. The molecule has 11 heteroatoms. The van der Waals surface area contributed by atoms with Crippen LogP contribution in [-0.2, 0) is 23.7 Å². The van der Waals surface area contributed by atoms with Crippen LogP contribution in [0.5, 0.6) is 0 Å². The van der Waals surface area contributed by atoms with Crippen molar-refractivity contribution in [1.82, 2.24) is 0 Å². The van der Waals surface area contributed by atoms with Gasteiger partial charge in [-0.3, -0.25) is 13.3 Å². The van der Waals surface area contributed by atoms with E-state index in [9.17, 15) is 13.2 Å². The first-order chi connectivity index (χ1) is 14.1. The second-order valence-corrected chi connectivity index (χ2v) is 10.9. The fraction of sp³-hybridized carbons (Fsp3) is 0.316. The molecular formula is C19H18Cl3NO5S2. The molecule has 2 aromatic carbocycles.